The van der Waals surface area contributed by atoms with Gasteiger partial charge in [-0.3, -0.25) is 4.90 Å². The monoisotopic (exact) mass is 342 g/mol. The highest BCUT2D eigenvalue weighted by Crippen LogP contribution is 2.49. The molecule has 2 bridgehead atoms. The zero-order chi connectivity index (χ0) is 16.5. The highest BCUT2D eigenvalue weighted by atomic mass is 35.5. The first-order valence-corrected chi connectivity index (χ1v) is 8.91. The van der Waals surface area contributed by atoms with E-state index in [4.69, 9.17) is 16.3 Å². The number of benzene rings is 2. The number of carbonyl (C=O) groups is 1. The van der Waals surface area contributed by atoms with Gasteiger partial charge in [0, 0.05) is 34.3 Å². The van der Waals surface area contributed by atoms with Gasteiger partial charge in [-0.05, 0) is 31.7 Å². The van der Waals surface area contributed by atoms with E-state index in [1.54, 1.807) is 0 Å². The first kappa shape index (κ1) is 14.4. The highest BCUT2D eigenvalue weighted by molar-refractivity contribution is 6.36. The van der Waals surface area contributed by atoms with E-state index in [0.717, 1.165) is 35.1 Å². The summed E-state index contributed by atoms with van der Waals surface area (Å²) in [5.74, 6) is 1.48. The Kier molecular flexibility index (Phi) is 2.88. The van der Waals surface area contributed by atoms with Gasteiger partial charge in [-0.15, -0.1) is 0 Å². The van der Waals surface area contributed by atoms with E-state index in [-0.39, 0.29) is 12.1 Å². The summed E-state index contributed by atoms with van der Waals surface area (Å²) < 4.78 is 6.48. The van der Waals surface area contributed by atoms with Crippen LogP contribution in [-0.2, 0) is 0 Å². The molecule has 5 rings (SSSR count). The predicted molar refractivity (Wildman–Crippen MR) is 93.3 cm³/mol. The van der Waals surface area contributed by atoms with Gasteiger partial charge in [-0.1, -0.05) is 35.9 Å². The first-order valence-electron chi connectivity index (χ1n) is 8.53. The lowest BCUT2D eigenvalue weighted by molar-refractivity contribution is -0.0844. The molecular weight excluding hydrogens is 324 g/mol. The maximum Gasteiger partial charge on any atom is 0.320 e. The van der Waals surface area contributed by atoms with Gasteiger partial charge < -0.3 is 10.1 Å². The number of carbonyl (C=O) groups excluding carboxylic acids is 1. The topological polar surface area (TPSA) is 41.6 Å². The van der Waals surface area contributed by atoms with Gasteiger partial charge in [-0.25, -0.2) is 4.79 Å². The zero-order valence-corrected chi connectivity index (χ0v) is 14.3. The summed E-state index contributed by atoms with van der Waals surface area (Å²) in [5, 5.41) is 5.85. The van der Waals surface area contributed by atoms with E-state index in [1.807, 2.05) is 42.2 Å². The minimum atomic E-state index is -0.598. The van der Waals surface area contributed by atoms with E-state index in [2.05, 4.69) is 5.32 Å². The molecule has 2 aliphatic heterocycles. The van der Waals surface area contributed by atoms with Gasteiger partial charge >= 0.3 is 6.03 Å². The third-order valence-corrected chi connectivity index (χ3v) is 5.82. The molecule has 2 fully saturated rings. The molecule has 2 aromatic carbocycles. The number of halogens is 1. The maximum absolute atomic E-state index is 12.6. The average molecular weight is 343 g/mol. The molecule has 1 aliphatic carbocycles. The van der Waals surface area contributed by atoms with Crippen molar-refractivity contribution in [3.8, 4) is 5.75 Å². The molecule has 24 heavy (non-hydrogen) atoms. The Hall–Kier alpha value is -1.94. The summed E-state index contributed by atoms with van der Waals surface area (Å²) in [6.07, 6.45) is 3.16. The zero-order valence-electron chi connectivity index (χ0n) is 13.5. The van der Waals surface area contributed by atoms with E-state index in [0.29, 0.717) is 10.9 Å². The summed E-state index contributed by atoms with van der Waals surface area (Å²) in [4.78, 5) is 14.5. The Morgan fingerprint density at radius 2 is 2.08 bits per heavy atom. The molecule has 2 aromatic rings. The minimum Gasteiger partial charge on any atom is -0.467 e. The number of hydrogen-bond acceptors (Lipinski definition) is 2. The fourth-order valence-electron chi connectivity index (χ4n) is 4.02. The molecule has 1 N–H and O–H groups in total. The molecule has 3 aliphatic rings. The van der Waals surface area contributed by atoms with Crippen LogP contribution in [0.4, 0.5) is 4.79 Å². The van der Waals surface area contributed by atoms with Crippen molar-refractivity contribution >= 4 is 28.4 Å². The van der Waals surface area contributed by atoms with E-state index < -0.39 is 5.72 Å². The van der Waals surface area contributed by atoms with Crippen molar-refractivity contribution in [2.24, 2.45) is 5.92 Å². The summed E-state index contributed by atoms with van der Waals surface area (Å²) in [6, 6.07) is 9.88. The molecule has 1 saturated carbocycles. The molecule has 2 heterocycles. The lowest BCUT2D eigenvalue weighted by atomic mass is 9.88. The van der Waals surface area contributed by atoms with Crippen molar-refractivity contribution in [3.63, 3.8) is 0 Å². The smallest absolute Gasteiger partial charge is 0.320 e. The van der Waals surface area contributed by atoms with Gasteiger partial charge in [0.2, 0.25) is 0 Å². The van der Waals surface area contributed by atoms with Crippen molar-refractivity contribution in [2.75, 3.05) is 6.54 Å². The van der Waals surface area contributed by atoms with Crippen LogP contribution in [-0.4, -0.2) is 23.2 Å². The molecule has 1 saturated heterocycles. The van der Waals surface area contributed by atoms with Crippen molar-refractivity contribution in [1.29, 1.82) is 0 Å². The number of nitrogens with zero attached hydrogens (tertiary/aromatic N) is 1. The summed E-state index contributed by atoms with van der Waals surface area (Å²) >= 11 is 6.47. The van der Waals surface area contributed by atoms with Crippen LogP contribution >= 0.6 is 11.6 Å². The Morgan fingerprint density at radius 3 is 2.83 bits per heavy atom. The van der Waals surface area contributed by atoms with Gasteiger partial charge in [0.05, 0.1) is 6.04 Å². The van der Waals surface area contributed by atoms with Gasteiger partial charge in [0.1, 0.15) is 5.75 Å². The molecule has 0 radical (unpaired) electrons. The SMILES string of the molecule is CC12CC(NC(=O)N1CC1CC1)c1cc(Cl)c3ccccc3c1O2. The normalized spacial score (nSPS) is 28.3. The van der Waals surface area contributed by atoms with Crippen molar-refractivity contribution in [1.82, 2.24) is 10.2 Å². The Labute approximate surface area is 145 Å². The summed E-state index contributed by atoms with van der Waals surface area (Å²) in [5.41, 5.74) is 0.384. The van der Waals surface area contributed by atoms with Gasteiger partial charge in [0.25, 0.3) is 0 Å². The molecular formula is C19H19ClN2O2. The third kappa shape index (κ3) is 2.02. The second-order valence-electron chi connectivity index (χ2n) is 7.36. The number of nitrogens with one attached hydrogen (secondary N) is 1. The van der Waals surface area contributed by atoms with Crippen LogP contribution in [0.1, 0.15) is 37.8 Å². The number of amides is 2. The highest BCUT2D eigenvalue weighted by Gasteiger charge is 2.50. The first-order chi connectivity index (χ1) is 11.5. The Bertz CT molecular complexity index is 864. The second kappa shape index (κ2) is 4.79. The van der Waals surface area contributed by atoms with Crippen molar-refractivity contribution in [2.45, 2.75) is 38.0 Å². The fourth-order valence-corrected chi connectivity index (χ4v) is 4.30. The number of rotatable bonds is 2. The summed E-state index contributed by atoms with van der Waals surface area (Å²) in [6.45, 7) is 2.81. The molecule has 4 nitrogen and oxygen atoms in total. The fraction of sp³-hybridized carbons (Fsp3) is 0.421. The predicted octanol–water partition coefficient (Wildman–Crippen LogP) is 4.47. The van der Waals surface area contributed by atoms with E-state index in [9.17, 15) is 4.79 Å². The van der Waals surface area contributed by atoms with Crippen LogP contribution < -0.4 is 10.1 Å². The second-order valence-corrected chi connectivity index (χ2v) is 7.77. The lowest BCUT2D eigenvalue weighted by Crippen LogP contribution is -2.65. The molecule has 0 aromatic heterocycles. The molecule has 2 atom stereocenters. The molecule has 0 spiro atoms. The number of fused-ring (bicyclic) bond motifs is 6. The van der Waals surface area contributed by atoms with E-state index >= 15 is 0 Å². The number of ether oxygens (including phenoxy) is 1. The summed E-state index contributed by atoms with van der Waals surface area (Å²) in [7, 11) is 0. The average Bonchev–Trinajstić information content (AvgIpc) is 3.37. The van der Waals surface area contributed by atoms with Gasteiger partial charge in [0.15, 0.2) is 5.72 Å². The third-order valence-electron chi connectivity index (χ3n) is 5.51. The molecule has 2 unspecified atom stereocenters. The van der Waals surface area contributed by atoms with Crippen LogP contribution in [0.3, 0.4) is 0 Å². The van der Waals surface area contributed by atoms with Crippen molar-refractivity contribution in [3.05, 3.63) is 40.9 Å². The van der Waals surface area contributed by atoms with Crippen LogP contribution in [0.25, 0.3) is 10.8 Å². The molecule has 124 valence electrons. The standard InChI is InChI=1S/C19H19ClN2O2/c1-19-9-16(21-18(23)22(19)10-11-6-7-11)14-8-15(20)12-4-2-3-5-13(12)17(14)24-19/h2-5,8,11,16H,6-7,9-10H2,1H3,(H,21,23). The Balaban J connectivity index is 1.66. The number of hydrogen-bond donors (Lipinski definition) is 1. The minimum absolute atomic E-state index is 0.0319. The Morgan fingerprint density at radius 1 is 1.33 bits per heavy atom. The van der Waals surface area contributed by atoms with Gasteiger partial charge in [-0.2, -0.15) is 0 Å². The number of urea groups is 1. The maximum atomic E-state index is 12.6. The lowest BCUT2D eigenvalue weighted by Gasteiger charge is -2.51. The molecule has 2 amide bonds. The van der Waals surface area contributed by atoms with Crippen LogP contribution in [0.5, 0.6) is 5.75 Å². The largest absolute Gasteiger partial charge is 0.467 e. The quantitative estimate of drug-likeness (QED) is 0.875. The van der Waals surface area contributed by atoms with Crippen LogP contribution in [0.2, 0.25) is 5.02 Å². The van der Waals surface area contributed by atoms with Crippen LogP contribution in [0.15, 0.2) is 30.3 Å². The molecule has 5 heteroatoms. The van der Waals surface area contributed by atoms with E-state index in [1.165, 1.54) is 12.8 Å². The van der Waals surface area contributed by atoms with Crippen molar-refractivity contribution < 1.29 is 9.53 Å². The van der Waals surface area contributed by atoms with Crippen LogP contribution in [0, 0.1) is 5.92 Å².